The number of benzene rings is 2. The van der Waals surface area contributed by atoms with Crippen LogP contribution in [0.1, 0.15) is 36.8 Å². The van der Waals surface area contributed by atoms with Gasteiger partial charge in [-0.05, 0) is 30.4 Å². The van der Waals surface area contributed by atoms with E-state index in [9.17, 15) is 9.59 Å². The van der Waals surface area contributed by atoms with Gasteiger partial charge in [-0.2, -0.15) is 0 Å². The molecule has 0 aromatic heterocycles. The van der Waals surface area contributed by atoms with E-state index in [0.717, 1.165) is 31.4 Å². The second-order valence-electron chi connectivity index (χ2n) is 7.68. The van der Waals surface area contributed by atoms with Crippen LogP contribution in [0.3, 0.4) is 0 Å². The third-order valence-electron chi connectivity index (χ3n) is 5.95. The van der Waals surface area contributed by atoms with E-state index < -0.39 is 0 Å². The van der Waals surface area contributed by atoms with Crippen LogP contribution in [0.15, 0.2) is 60.7 Å². The molecule has 4 nitrogen and oxygen atoms in total. The first-order valence-electron chi connectivity index (χ1n) is 9.87. The molecule has 0 bridgehead atoms. The van der Waals surface area contributed by atoms with Gasteiger partial charge in [-0.25, -0.2) is 0 Å². The predicted octanol–water partition coefficient (Wildman–Crippen LogP) is 3.32. The third kappa shape index (κ3) is 3.96. The van der Waals surface area contributed by atoms with Gasteiger partial charge in [0, 0.05) is 37.5 Å². The molecular formula is C23H26N2O2. The molecule has 0 radical (unpaired) electrons. The number of likely N-dealkylation sites (tertiary alicyclic amines) is 1. The Morgan fingerprint density at radius 2 is 1.56 bits per heavy atom. The van der Waals surface area contributed by atoms with Gasteiger partial charge in [0.15, 0.2) is 0 Å². The smallest absolute Gasteiger partial charge is 0.290 e. The molecule has 2 fully saturated rings. The molecule has 1 aliphatic carbocycles. The lowest BCUT2D eigenvalue weighted by Gasteiger charge is -2.47. The lowest BCUT2D eigenvalue weighted by molar-refractivity contribution is -0.154. The second-order valence-corrected chi connectivity index (χ2v) is 7.68. The maximum Gasteiger partial charge on any atom is 0.290 e. The Morgan fingerprint density at radius 3 is 2.26 bits per heavy atom. The molecule has 1 aliphatic heterocycles. The van der Waals surface area contributed by atoms with Crippen LogP contribution in [0.4, 0.5) is 0 Å². The van der Waals surface area contributed by atoms with Crippen LogP contribution < -0.4 is 5.32 Å². The maximum atomic E-state index is 12.6. The van der Waals surface area contributed by atoms with E-state index in [1.165, 1.54) is 5.56 Å². The summed E-state index contributed by atoms with van der Waals surface area (Å²) in [4.78, 5) is 26.9. The molecule has 1 heterocycles. The minimum atomic E-state index is -0.302. The minimum Gasteiger partial charge on any atom is -0.328 e. The number of piperidine rings is 1. The number of hydrogen-bond donors (Lipinski definition) is 1. The number of nitrogens with one attached hydrogen (secondary N) is 1. The summed E-state index contributed by atoms with van der Waals surface area (Å²) in [5.74, 6) is -0.333. The summed E-state index contributed by atoms with van der Waals surface area (Å²) in [6, 6.07) is 20.8. The quantitative estimate of drug-likeness (QED) is 0.830. The number of nitrogens with zero attached hydrogens (tertiary/aromatic N) is 1. The molecule has 1 N–H and O–H groups in total. The number of hydrogen-bond acceptors (Lipinski definition) is 3. The summed E-state index contributed by atoms with van der Waals surface area (Å²) >= 11 is 0. The molecule has 2 aliphatic rings. The van der Waals surface area contributed by atoms with Crippen molar-refractivity contribution in [3.8, 4) is 0 Å². The monoisotopic (exact) mass is 362 g/mol. The van der Waals surface area contributed by atoms with Crippen LogP contribution in [0.2, 0.25) is 0 Å². The Kier molecular flexibility index (Phi) is 5.35. The van der Waals surface area contributed by atoms with Gasteiger partial charge in [-0.1, -0.05) is 60.7 Å². The molecule has 2 aromatic carbocycles. The summed E-state index contributed by atoms with van der Waals surface area (Å²) < 4.78 is 0. The van der Waals surface area contributed by atoms with E-state index in [4.69, 9.17) is 0 Å². The van der Waals surface area contributed by atoms with E-state index in [1.807, 2.05) is 53.4 Å². The molecule has 1 amide bonds. The standard InChI is InChI=1S/C23H26N2O2/c26-22-14-19-20(24-15-17-8-3-1-4-9-17)12-7-13-21(19)25(23(22)27)16-18-10-5-2-6-11-18/h1-6,8-11,19-21,24H,7,12-16H2/t19-,20+,21-/m1/s1. The summed E-state index contributed by atoms with van der Waals surface area (Å²) in [6.07, 6.45) is 3.51. The van der Waals surface area contributed by atoms with Crippen LogP contribution in [-0.2, 0) is 22.7 Å². The topological polar surface area (TPSA) is 49.4 Å². The lowest BCUT2D eigenvalue weighted by Crippen LogP contribution is -2.59. The first-order chi connectivity index (χ1) is 13.2. The van der Waals surface area contributed by atoms with Crippen molar-refractivity contribution in [3.05, 3.63) is 71.8 Å². The molecular weight excluding hydrogens is 336 g/mol. The van der Waals surface area contributed by atoms with E-state index in [1.54, 1.807) is 0 Å². The van der Waals surface area contributed by atoms with Crippen molar-refractivity contribution in [1.82, 2.24) is 10.2 Å². The largest absolute Gasteiger partial charge is 0.328 e. The van der Waals surface area contributed by atoms with Gasteiger partial charge in [-0.15, -0.1) is 0 Å². The van der Waals surface area contributed by atoms with Crippen LogP contribution >= 0.6 is 0 Å². The molecule has 1 saturated heterocycles. The van der Waals surface area contributed by atoms with Gasteiger partial charge in [0.25, 0.3) is 5.91 Å². The first kappa shape index (κ1) is 17.9. The highest BCUT2D eigenvalue weighted by Crippen LogP contribution is 2.36. The lowest BCUT2D eigenvalue weighted by atomic mass is 9.74. The molecule has 3 atom stereocenters. The molecule has 2 aromatic rings. The van der Waals surface area contributed by atoms with Crippen LogP contribution in [0.5, 0.6) is 0 Å². The highest BCUT2D eigenvalue weighted by Gasteiger charge is 2.45. The van der Waals surface area contributed by atoms with Crippen molar-refractivity contribution in [2.24, 2.45) is 5.92 Å². The first-order valence-corrected chi connectivity index (χ1v) is 9.87. The number of carbonyl (C=O) groups excluding carboxylic acids is 2. The summed E-state index contributed by atoms with van der Waals surface area (Å²) in [7, 11) is 0. The highest BCUT2D eigenvalue weighted by molar-refractivity contribution is 6.36. The number of rotatable bonds is 5. The van der Waals surface area contributed by atoms with Crippen molar-refractivity contribution in [2.75, 3.05) is 0 Å². The third-order valence-corrected chi connectivity index (χ3v) is 5.95. The fourth-order valence-electron chi connectivity index (χ4n) is 4.59. The normalized spacial score (nSPS) is 25.3. The van der Waals surface area contributed by atoms with E-state index in [0.29, 0.717) is 13.0 Å². The Labute approximate surface area is 160 Å². The molecule has 140 valence electrons. The van der Waals surface area contributed by atoms with Crippen molar-refractivity contribution >= 4 is 11.7 Å². The summed E-state index contributed by atoms with van der Waals surface area (Å²) in [6.45, 7) is 1.33. The van der Waals surface area contributed by atoms with E-state index in [2.05, 4.69) is 17.4 Å². The van der Waals surface area contributed by atoms with Gasteiger partial charge < -0.3 is 10.2 Å². The fourth-order valence-corrected chi connectivity index (χ4v) is 4.59. The molecule has 4 rings (SSSR count). The van der Waals surface area contributed by atoms with Crippen molar-refractivity contribution in [3.63, 3.8) is 0 Å². The highest BCUT2D eigenvalue weighted by atomic mass is 16.2. The zero-order valence-corrected chi connectivity index (χ0v) is 15.5. The number of Topliss-reactive ketones (excluding diaryl/α,β-unsaturated/α-hetero) is 1. The van der Waals surface area contributed by atoms with Crippen LogP contribution in [0.25, 0.3) is 0 Å². The Morgan fingerprint density at radius 1 is 0.889 bits per heavy atom. The number of fused-ring (bicyclic) bond motifs is 1. The zero-order chi connectivity index (χ0) is 18.6. The van der Waals surface area contributed by atoms with Crippen molar-refractivity contribution in [2.45, 2.75) is 50.9 Å². The van der Waals surface area contributed by atoms with E-state index in [-0.39, 0.29) is 29.7 Å². The zero-order valence-electron chi connectivity index (χ0n) is 15.5. The number of ketones is 1. The van der Waals surface area contributed by atoms with Crippen molar-refractivity contribution < 1.29 is 9.59 Å². The molecule has 0 unspecified atom stereocenters. The average molecular weight is 362 g/mol. The maximum absolute atomic E-state index is 12.6. The van der Waals surface area contributed by atoms with Gasteiger partial charge in [0.2, 0.25) is 5.78 Å². The van der Waals surface area contributed by atoms with Crippen LogP contribution in [0, 0.1) is 5.92 Å². The van der Waals surface area contributed by atoms with Gasteiger partial charge in [0.05, 0.1) is 0 Å². The van der Waals surface area contributed by atoms with E-state index >= 15 is 0 Å². The minimum absolute atomic E-state index is 0.150. The Hall–Kier alpha value is -2.46. The molecule has 4 heteroatoms. The van der Waals surface area contributed by atoms with Crippen LogP contribution in [-0.4, -0.2) is 28.7 Å². The molecule has 0 spiro atoms. The van der Waals surface area contributed by atoms with Gasteiger partial charge in [-0.3, -0.25) is 9.59 Å². The number of amides is 1. The second kappa shape index (κ2) is 8.05. The van der Waals surface area contributed by atoms with Gasteiger partial charge >= 0.3 is 0 Å². The SMILES string of the molecule is O=C1C[C@@H]2[C@@H](NCc3ccccc3)CCC[C@H]2N(Cc2ccccc2)C1=O. The fraction of sp³-hybridized carbons (Fsp3) is 0.391. The number of carbonyl (C=O) groups is 2. The molecule has 27 heavy (non-hydrogen) atoms. The Bertz CT molecular complexity index is 791. The summed E-state index contributed by atoms with van der Waals surface area (Å²) in [5, 5.41) is 3.67. The molecule has 1 saturated carbocycles. The van der Waals surface area contributed by atoms with Gasteiger partial charge in [0.1, 0.15) is 0 Å². The summed E-state index contributed by atoms with van der Waals surface area (Å²) in [5.41, 5.74) is 2.33. The Balaban J connectivity index is 1.50. The van der Waals surface area contributed by atoms with Crippen molar-refractivity contribution in [1.29, 1.82) is 0 Å². The predicted molar refractivity (Wildman–Crippen MR) is 105 cm³/mol. The average Bonchev–Trinajstić information content (AvgIpc) is 2.71.